The average Bonchev–Trinajstić information content (AvgIpc) is 3.43. The highest BCUT2D eigenvalue weighted by Crippen LogP contribution is 2.15. The Hall–Kier alpha value is -4.45. The Balaban J connectivity index is 4.16. The van der Waals surface area contributed by atoms with Crippen molar-refractivity contribution in [3.8, 4) is 0 Å². The molecule has 6 heteroatoms. The summed E-state index contributed by atoms with van der Waals surface area (Å²) in [6.45, 7) is 6.41. The van der Waals surface area contributed by atoms with Gasteiger partial charge >= 0.3 is 17.9 Å². The first-order chi connectivity index (χ1) is 38.0. The number of hydrogen-bond donors (Lipinski definition) is 0. The first kappa shape index (κ1) is 72.5. The largest absolute Gasteiger partial charge is 0.462 e. The summed E-state index contributed by atoms with van der Waals surface area (Å²) < 4.78 is 16.7. The summed E-state index contributed by atoms with van der Waals surface area (Å²) >= 11 is 0. The van der Waals surface area contributed by atoms with Crippen LogP contribution in [0.1, 0.15) is 278 Å². The smallest absolute Gasteiger partial charge is 0.306 e. The van der Waals surface area contributed by atoms with Gasteiger partial charge in [-0.15, -0.1) is 0 Å². The monoisotopic (exact) mass is 1060 g/mol. The van der Waals surface area contributed by atoms with Crippen molar-refractivity contribution >= 4 is 17.9 Å². The predicted octanol–water partition coefficient (Wildman–Crippen LogP) is 21.8. The van der Waals surface area contributed by atoms with Crippen LogP contribution in [-0.4, -0.2) is 37.2 Å². The van der Waals surface area contributed by atoms with Crippen LogP contribution in [-0.2, 0) is 28.6 Å². The summed E-state index contributed by atoms with van der Waals surface area (Å²) in [6, 6.07) is 0. The number of allylic oxidation sites excluding steroid dienone is 22. The van der Waals surface area contributed by atoms with Crippen molar-refractivity contribution in [1.29, 1.82) is 0 Å². The summed E-state index contributed by atoms with van der Waals surface area (Å²) in [6.07, 6.45) is 90.7. The molecule has 0 aliphatic rings. The molecule has 0 aromatic carbocycles. The fraction of sp³-hybridized carbons (Fsp3) is 0.648. The molecule has 0 rings (SSSR count). The van der Waals surface area contributed by atoms with Crippen LogP contribution in [0.2, 0.25) is 0 Å². The molecular formula is C71H116O6. The number of hydrogen-bond acceptors (Lipinski definition) is 6. The van der Waals surface area contributed by atoms with E-state index >= 15 is 0 Å². The highest BCUT2D eigenvalue weighted by atomic mass is 16.6. The third-order valence-electron chi connectivity index (χ3n) is 13.1. The molecule has 0 aliphatic carbocycles. The molecule has 0 saturated carbocycles. The molecule has 0 radical (unpaired) electrons. The Labute approximate surface area is 475 Å². The van der Waals surface area contributed by atoms with Crippen LogP contribution in [0.25, 0.3) is 0 Å². The van der Waals surface area contributed by atoms with E-state index in [1.807, 2.05) is 0 Å². The van der Waals surface area contributed by atoms with Gasteiger partial charge in [0.15, 0.2) is 6.10 Å². The van der Waals surface area contributed by atoms with Crippen molar-refractivity contribution in [2.75, 3.05) is 13.2 Å². The second-order valence-electron chi connectivity index (χ2n) is 20.6. The Morgan fingerprint density at radius 2 is 0.506 bits per heavy atom. The molecule has 0 bridgehead atoms. The summed E-state index contributed by atoms with van der Waals surface area (Å²) in [5.41, 5.74) is 0. The zero-order valence-electron chi connectivity index (χ0n) is 49.9. The van der Waals surface area contributed by atoms with Crippen LogP contribution in [0.15, 0.2) is 134 Å². The van der Waals surface area contributed by atoms with Gasteiger partial charge in [-0.1, -0.05) is 270 Å². The van der Waals surface area contributed by atoms with Gasteiger partial charge in [-0.25, -0.2) is 0 Å². The molecular weight excluding hydrogens is 949 g/mol. The Morgan fingerprint density at radius 1 is 0.273 bits per heavy atom. The zero-order chi connectivity index (χ0) is 55.7. The van der Waals surface area contributed by atoms with E-state index in [-0.39, 0.29) is 31.1 Å². The van der Waals surface area contributed by atoms with Crippen LogP contribution in [0.4, 0.5) is 0 Å². The highest BCUT2D eigenvalue weighted by Gasteiger charge is 2.19. The molecule has 6 nitrogen and oxygen atoms in total. The number of ether oxygens (including phenoxy) is 3. The minimum atomic E-state index is -0.793. The number of esters is 3. The number of carbonyl (C=O) groups is 3. The molecule has 436 valence electrons. The molecule has 0 aliphatic heterocycles. The lowest BCUT2D eigenvalue weighted by molar-refractivity contribution is -0.167. The van der Waals surface area contributed by atoms with Crippen molar-refractivity contribution in [2.45, 2.75) is 284 Å². The molecule has 0 saturated heterocycles. The molecule has 0 N–H and O–H groups in total. The lowest BCUT2D eigenvalue weighted by atomic mass is 10.0. The van der Waals surface area contributed by atoms with Crippen LogP contribution < -0.4 is 0 Å². The van der Waals surface area contributed by atoms with E-state index in [1.54, 1.807) is 0 Å². The quantitative estimate of drug-likeness (QED) is 0.0261. The van der Waals surface area contributed by atoms with E-state index in [9.17, 15) is 14.4 Å². The second-order valence-corrected chi connectivity index (χ2v) is 20.6. The van der Waals surface area contributed by atoms with Gasteiger partial charge in [0.05, 0.1) is 0 Å². The fourth-order valence-electron chi connectivity index (χ4n) is 8.41. The molecule has 0 fully saturated rings. The van der Waals surface area contributed by atoms with Crippen LogP contribution in [0.5, 0.6) is 0 Å². The minimum absolute atomic E-state index is 0.0917. The Morgan fingerprint density at radius 3 is 0.792 bits per heavy atom. The van der Waals surface area contributed by atoms with Gasteiger partial charge in [0.1, 0.15) is 13.2 Å². The van der Waals surface area contributed by atoms with Gasteiger partial charge in [0.2, 0.25) is 0 Å². The van der Waals surface area contributed by atoms with E-state index in [4.69, 9.17) is 14.2 Å². The Bertz CT molecular complexity index is 1650. The van der Waals surface area contributed by atoms with Gasteiger partial charge < -0.3 is 14.2 Å². The van der Waals surface area contributed by atoms with Gasteiger partial charge in [-0.3, -0.25) is 14.4 Å². The normalized spacial score (nSPS) is 13.0. The number of unbranched alkanes of at least 4 members (excludes halogenated alkanes) is 23. The third-order valence-corrected chi connectivity index (χ3v) is 13.1. The number of carbonyl (C=O) groups excluding carboxylic acids is 3. The van der Waals surface area contributed by atoms with Crippen LogP contribution in [0.3, 0.4) is 0 Å². The SMILES string of the molecule is CC/C=C\C/C=C\C/C=C\C/C=C\C/C=C\C/C=C\C/C=C\C/C=C\CCCCCCC(=O)OCC(COC(=O)CCCCCCC)OC(=O)CCCCCCCCCCCC/C=C\C/C=C\C/C=C\CCCCCCC. The maximum Gasteiger partial charge on any atom is 0.306 e. The summed E-state index contributed by atoms with van der Waals surface area (Å²) in [7, 11) is 0. The molecule has 0 aromatic rings. The molecule has 0 spiro atoms. The second kappa shape index (κ2) is 64.1. The summed E-state index contributed by atoms with van der Waals surface area (Å²) in [5.74, 6) is -0.936. The van der Waals surface area contributed by atoms with E-state index in [0.29, 0.717) is 19.3 Å². The number of rotatable bonds is 56. The molecule has 0 heterocycles. The maximum absolute atomic E-state index is 12.8. The highest BCUT2D eigenvalue weighted by molar-refractivity contribution is 5.71. The van der Waals surface area contributed by atoms with E-state index in [2.05, 4.69) is 154 Å². The standard InChI is InChI=1S/C71H116O6/c1-4-7-10-13-15-17-19-21-23-25-27-29-31-33-34-35-36-38-39-41-43-45-47-49-51-53-55-58-61-64-70(73)76-67-68(66-75-69(72)63-60-57-12-9-6-3)77-71(74)65-62-59-56-54-52-50-48-46-44-42-40-37-32-30-28-26-24-22-20-18-16-14-11-8-5-2/h7,10,15,17,20-23,26-29,32-34,36-38,41,43,47,49,68H,4-6,8-9,11-14,16,18-19,24-25,30-31,35,39-40,42,44-46,48,50-67H2,1-3H3/b10-7-,17-15-,22-20-,23-21-,28-26-,29-27-,34-33-,37-32-,38-36-,43-41-,49-47-. The van der Waals surface area contributed by atoms with Crippen LogP contribution >= 0.6 is 0 Å². The van der Waals surface area contributed by atoms with Crippen molar-refractivity contribution in [2.24, 2.45) is 0 Å². The van der Waals surface area contributed by atoms with Gasteiger partial charge in [-0.2, -0.15) is 0 Å². The van der Waals surface area contributed by atoms with E-state index < -0.39 is 6.10 Å². The van der Waals surface area contributed by atoms with Crippen molar-refractivity contribution in [3.63, 3.8) is 0 Å². The molecule has 1 atom stereocenters. The van der Waals surface area contributed by atoms with E-state index in [0.717, 1.165) is 148 Å². The molecule has 0 amide bonds. The molecule has 0 aromatic heterocycles. The van der Waals surface area contributed by atoms with E-state index in [1.165, 1.54) is 89.9 Å². The topological polar surface area (TPSA) is 78.9 Å². The maximum atomic E-state index is 12.8. The average molecular weight is 1070 g/mol. The zero-order valence-corrected chi connectivity index (χ0v) is 49.9. The fourth-order valence-corrected chi connectivity index (χ4v) is 8.41. The molecule has 77 heavy (non-hydrogen) atoms. The summed E-state index contributed by atoms with van der Waals surface area (Å²) in [4.78, 5) is 37.9. The van der Waals surface area contributed by atoms with Crippen molar-refractivity contribution in [1.82, 2.24) is 0 Å². The minimum Gasteiger partial charge on any atom is -0.462 e. The predicted molar refractivity (Wildman–Crippen MR) is 334 cm³/mol. The lowest BCUT2D eigenvalue weighted by Gasteiger charge is -2.18. The van der Waals surface area contributed by atoms with Gasteiger partial charge in [-0.05, 0) is 122 Å². The summed E-state index contributed by atoms with van der Waals surface area (Å²) in [5, 5.41) is 0. The van der Waals surface area contributed by atoms with Crippen molar-refractivity contribution in [3.05, 3.63) is 134 Å². The Kier molecular flexibility index (Phi) is 60.4. The lowest BCUT2D eigenvalue weighted by Crippen LogP contribution is -2.30. The van der Waals surface area contributed by atoms with Crippen molar-refractivity contribution < 1.29 is 28.6 Å². The van der Waals surface area contributed by atoms with Crippen LogP contribution in [0, 0.1) is 0 Å². The van der Waals surface area contributed by atoms with Gasteiger partial charge in [0, 0.05) is 19.3 Å². The first-order valence-corrected chi connectivity index (χ1v) is 31.7. The van der Waals surface area contributed by atoms with Gasteiger partial charge in [0.25, 0.3) is 0 Å². The first-order valence-electron chi connectivity index (χ1n) is 31.7. The molecule has 1 unspecified atom stereocenters. The third kappa shape index (κ3) is 62.3.